The lowest BCUT2D eigenvalue weighted by Crippen LogP contribution is -2.25. The number of anilines is 2. The molecular formula is C24H21F3N4O4S. The number of nitrogens with zero attached hydrogens (tertiary/aromatic N) is 3. The fraction of sp³-hybridized carbons (Fsp3) is 0.167. The molecule has 188 valence electrons. The molecule has 0 bridgehead atoms. The van der Waals surface area contributed by atoms with Gasteiger partial charge < -0.3 is 19.9 Å². The van der Waals surface area contributed by atoms with Crippen molar-refractivity contribution in [3.63, 3.8) is 0 Å². The summed E-state index contributed by atoms with van der Waals surface area (Å²) in [7, 11) is -3.85. The number of amides is 1. The van der Waals surface area contributed by atoms with Crippen LogP contribution in [0, 0.1) is 0 Å². The number of carbonyl (C=O) groups excluding carboxylic acids is 1. The first-order valence-electron chi connectivity index (χ1n) is 10.6. The van der Waals surface area contributed by atoms with Crippen LogP contribution in [0.15, 0.2) is 84.2 Å². The molecule has 8 nitrogen and oxygen atoms in total. The molecule has 0 aliphatic carbocycles. The summed E-state index contributed by atoms with van der Waals surface area (Å²) in [6.45, 7) is 0.864. The Morgan fingerprint density at radius 2 is 1.75 bits per heavy atom. The third-order valence-electron chi connectivity index (χ3n) is 5.38. The van der Waals surface area contributed by atoms with Crippen LogP contribution in [0.5, 0.6) is 5.75 Å². The standard InChI is InChI=1S/C24H21F3N4O4S/c1-35-20-6-2-18(3-7-20)23(32)29-22-14-17(10-11-28-22)15-30-12-13-31(16-30)19-4-8-21(9-5-19)36(33,34)24(25,26)27/h2-14H,15-16H2,1H3,(H,28,29,32). The van der Waals surface area contributed by atoms with E-state index in [-0.39, 0.29) is 5.91 Å². The van der Waals surface area contributed by atoms with Crippen molar-refractivity contribution < 1.29 is 31.1 Å². The molecule has 0 radical (unpaired) electrons. The SMILES string of the molecule is COc1ccc(C(=O)Nc2cc(CN3C=CN(c4ccc(S(=O)(=O)C(F)(F)F)cc4)C3)ccn2)cc1. The van der Waals surface area contributed by atoms with Gasteiger partial charge in [0, 0.05) is 36.4 Å². The van der Waals surface area contributed by atoms with Gasteiger partial charge in [0.1, 0.15) is 11.6 Å². The minimum absolute atomic E-state index is 0.314. The van der Waals surface area contributed by atoms with Crippen molar-refractivity contribution in [2.24, 2.45) is 0 Å². The molecule has 0 atom stereocenters. The van der Waals surface area contributed by atoms with Gasteiger partial charge in [-0.05, 0) is 66.2 Å². The summed E-state index contributed by atoms with van der Waals surface area (Å²) >= 11 is 0. The van der Waals surface area contributed by atoms with Gasteiger partial charge in [-0.15, -0.1) is 0 Å². The molecule has 1 N–H and O–H groups in total. The van der Waals surface area contributed by atoms with E-state index in [1.165, 1.54) is 12.1 Å². The maximum Gasteiger partial charge on any atom is 0.501 e. The third kappa shape index (κ3) is 5.43. The van der Waals surface area contributed by atoms with Crippen molar-refractivity contribution in [3.8, 4) is 5.75 Å². The molecule has 0 spiro atoms. The van der Waals surface area contributed by atoms with E-state index in [1.54, 1.807) is 67.0 Å². The van der Waals surface area contributed by atoms with E-state index in [4.69, 9.17) is 4.74 Å². The number of methoxy groups -OCH3 is 1. The van der Waals surface area contributed by atoms with Crippen molar-refractivity contribution in [1.82, 2.24) is 9.88 Å². The molecule has 0 fully saturated rings. The van der Waals surface area contributed by atoms with Crippen LogP contribution in [0.1, 0.15) is 15.9 Å². The normalized spacial score (nSPS) is 13.7. The zero-order valence-electron chi connectivity index (χ0n) is 18.9. The van der Waals surface area contributed by atoms with E-state index in [9.17, 15) is 26.4 Å². The number of hydrogen-bond acceptors (Lipinski definition) is 7. The van der Waals surface area contributed by atoms with Crippen LogP contribution in [0.25, 0.3) is 0 Å². The maximum atomic E-state index is 12.7. The fourth-order valence-electron chi connectivity index (χ4n) is 3.49. The van der Waals surface area contributed by atoms with Crippen LogP contribution in [-0.4, -0.2) is 43.5 Å². The van der Waals surface area contributed by atoms with Crippen molar-refractivity contribution in [1.29, 1.82) is 0 Å². The van der Waals surface area contributed by atoms with Crippen molar-refractivity contribution >= 4 is 27.2 Å². The molecule has 0 saturated heterocycles. The van der Waals surface area contributed by atoms with Crippen LogP contribution in [-0.2, 0) is 16.4 Å². The van der Waals surface area contributed by atoms with E-state index < -0.39 is 20.2 Å². The van der Waals surface area contributed by atoms with E-state index >= 15 is 0 Å². The molecule has 12 heteroatoms. The molecule has 1 aliphatic heterocycles. The van der Waals surface area contributed by atoms with Crippen LogP contribution in [0.2, 0.25) is 0 Å². The van der Waals surface area contributed by atoms with Gasteiger partial charge in [0.2, 0.25) is 0 Å². The molecule has 4 rings (SSSR count). The first kappa shape index (κ1) is 25.0. The molecule has 2 heterocycles. The molecule has 3 aromatic rings. The van der Waals surface area contributed by atoms with Gasteiger partial charge in [-0.25, -0.2) is 13.4 Å². The highest BCUT2D eigenvalue weighted by Gasteiger charge is 2.46. The van der Waals surface area contributed by atoms with Gasteiger partial charge in [-0.2, -0.15) is 13.2 Å². The van der Waals surface area contributed by atoms with Gasteiger partial charge in [0.15, 0.2) is 0 Å². The molecule has 1 aromatic heterocycles. The predicted molar refractivity (Wildman–Crippen MR) is 127 cm³/mol. The van der Waals surface area contributed by atoms with Crippen LogP contribution >= 0.6 is 0 Å². The van der Waals surface area contributed by atoms with Gasteiger partial charge >= 0.3 is 5.51 Å². The quantitative estimate of drug-likeness (QED) is 0.496. The molecule has 1 aliphatic rings. The van der Waals surface area contributed by atoms with Gasteiger partial charge in [0.05, 0.1) is 18.7 Å². The molecule has 2 aromatic carbocycles. The number of nitrogens with one attached hydrogen (secondary N) is 1. The monoisotopic (exact) mass is 518 g/mol. The number of benzene rings is 2. The lowest BCUT2D eigenvalue weighted by atomic mass is 10.2. The number of rotatable bonds is 7. The van der Waals surface area contributed by atoms with Gasteiger partial charge in [-0.3, -0.25) is 4.79 Å². The van der Waals surface area contributed by atoms with Crippen molar-refractivity contribution in [3.05, 3.63) is 90.4 Å². The number of pyridine rings is 1. The zero-order valence-corrected chi connectivity index (χ0v) is 19.8. The van der Waals surface area contributed by atoms with Crippen LogP contribution in [0.3, 0.4) is 0 Å². The second-order valence-electron chi connectivity index (χ2n) is 7.83. The summed E-state index contributed by atoms with van der Waals surface area (Å²) in [6.07, 6.45) is 5.12. The average Bonchev–Trinajstić information content (AvgIpc) is 3.32. The number of ether oxygens (including phenoxy) is 1. The maximum absolute atomic E-state index is 12.7. The Morgan fingerprint density at radius 3 is 2.39 bits per heavy atom. The van der Waals surface area contributed by atoms with Crippen LogP contribution in [0.4, 0.5) is 24.7 Å². The Hall–Kier alpha value is -4.06. The summed E-state index contributed by atoms with van der Waals surface area (Å²) in [5.41, 5.74) is -3.49. The highest BCUT2D eigenvalue weighted by atomic mass is 32.2. The number of halogens is 3. The number of sulfone groups is 1. The molecule has 1 amide bonds. The predicted octanol–water partition coefficient (Wildman–Crippen LogP) is 4.39. The number of aromatic nitrogens is 1. The molecule has 36 heavy (non-hydrogen) atoms. The highest BCUT2D eigenvalue weighted by molar-refractivity contribution is 7.92. The van der Waals surface area contributed by atoms with Crippen molar-refractivity contribution in [2.45, 2.75) is 16.9 Å². The highest BCUT2D eigenvalue weighted by Crippen LogP contribution is 2.31. The Kier molecular flexibility index (Phi) is 6.88. The smallest absolute Gasteiger partial charge is 0.497 e. The fourth-order valence-corrected chi connectivity index (χ4v) is 4.25. The Morgan fingerprint density at radius 1 is 1.06 bits per heavy atom. The Bertz CT molecular complexity index is 1380. The van der Waals surface area contributed by atoms with Crippen molar-refractivity contribution in [2.75, 3.05) is 24.0 Å². The second kappa shape index (κ2) is 9.90. The second-order valence-corrected chi connectivity index (χ2v) is 9.77. The number of alkyl halides is 3. The van der Waals surface area contributed by atoms with E-state index in [0.29, 0.717) is 36.0 Å². The summed E-state index contributed by atoms with van der Waals surface area (Å²) in [5, 5.41) is 2.76. The van der Waals surface area contributed by atoms with Gasteiger partial charge in [-0.1, -0.05) is 0 Å². The lowest BCUT2D eigenvalue weighted by Gasteiger charge is -2.22. The van der Waals surface area contributed by atoms with E-state index in [0.717, 1.165) is 17.7 Å². The summed E-state index contributed by atoms with van der Waals surface area (Å²) in [5.74, 6) is 0.710. The largest absolute Gasteiger partial charge is 0.501 e. The van der Waals surface area contributed by atoms with E-state index in [2.05, 4.69) is 10.3 Å². The summed E-state index contributed by atoms with van der Waals surface area (Å²) < 4.78 is 66.4. The first-order chi connectivity index (χ1) is 17.1. The minimum atomic E-state index is -5.39. The van der Waals surface area contributed by atoms with Crippen LogP contribution < -0.4 is 15.0 Å². The average molecular weight is 519 g/mol. The zero-order chi connectivity index (χ0) is 25.9. The Balaban J connectivity index is 1.37. The van der Waals surface area contributed by atoms with E-state index in [1.807, 2.05) is 4.90 Å². The molecular weight excluding hydrogens is 497 g/mol. The summed E-state index contributed by atoms with van der Waals surface area (Å²) in [4.78, 5) is 19.6. The summed E-state index contributed by atoms with van der Waals surface area (Å²) in [6, 6.07) is 14.7. The lowest BCUT2D eigenvalue weighted by molar-refractivity contribution is -0.0436. The minimum Gasteiger partial charge on any atom is -0.497 e. The number of carbonyl (C=O) groups is 1. The first-order valence-corrected chi connectivity index (χ1v) is 12.1. The van der Waals surface area contributed by atoms with Gasteiger partial charge in [0.25, 0.3) is 15.7 Å². The number of hydrogen-bond donors (Lipinski definition) is 1. The third-order valence-corrected chi connectivity index (χ3v) is 6.88. The molecule has 0 saturated carbocycles. The Labute approximate surface area is 205 Å². The topological polar surface area (TPSA) is 91.8 Å². The molecule has 0 unspecified atom stereocenters.